The Balaban J connectivity index is 1.47. The van der Waals surface area contributed by atoms with Gasteiger partial charge in [0.2, 0.25) is 11.8 Å². The minimum absolute atomic E-state index is 0.124. The third kappa shape index (κ3) is 5.64. The zero-order chi connectivity index (χ0) is 29.2. The zero-order valence-corrected chi connectivity index (χ0v) is 24.8. The molecule has 0 spiro atoms. The summed E-state index contributed by atoms with van der Waals surface area (Å²) in [5.41, 5.74) is 2.43. The van der Waals surface area contributed by atoms with Crippen LogP contribution in [-0.2, 0) is 6.54 Å². The predicted molar refractivity (Wildman–Crippen MR) is 164 cm³/mol. The monoisotopic (exact) mass is 570 g/mol. The molecule has 1 aliphatic heterocycles. The standard InChI is InChI=1S/C33H42N6O3/c1-4-22-14-16-23(17-15-22)20-39-28-29(34-21(2)24-9-7-10-24)35-31(32(40)41)36-30(28)37-33(39)38-18-6-5-13-27(38)25-11-8-12-26(19-25)42-3/h1,8,11-12,19,21-24,27H,5-7,9-10,13-18,20H2,2-3H3,(H,40,41)(H,34,35,36)/t21-,22-,23-,27?/m1/s1. The minimum Gasteiger partial charge on any atom is -0.497 e. The van der Waals surface area contributed by atoms with Gasteiger partial charge in [0.05, 0.1) is 13.2 Å². The number of hydrogen-bond donors (Lipinski definition) is 2. The quantitative estimate of drug-likeness (QED) is 0.289. The van der Waals surface area contributed by atoms with Gasteiger partial charge in [-0.15, -0.1) is 12.3 Å². The van der Waals surface area contributed by atoms with Gasteiger partial charge in [0, 0.05) is 25.0 Å². The summed E-state index contributed by atoms with van der Waals surface area (Å²) < 4.78 is 7.85. The average molecular weight is 571 g/mol. The molecule has 3 aliphatic rings. The number of carbonyl (C=O) groups is 1. The van der Waals surface area contributed by atoms with E-state index in [0.29, 0.717) is 29.2 Å². The van der Waals surface area contributed by atoms with E-state index in [1.54, 1.807) is 7.11 Å². The number of carboxylic acids is 1. The van der Waals surface area contributed by atoms with Crippen LogP contribution < -0.4 is 15.0 Å². The maximum Gasteiger partial charge on any atom is 0.374 e. The van der Waals surface area contributed by atoms with Crippen LogP contribution in [0.1, 0.15) is 93.4 Å². The van der Waals surface area contributed by atoms with Crippen molar-refractivity contribution in [2.24, 2.45) is 17.8 Å². The highest BCUT2D eigenvalue weighted by molar-refractivity contribution is 5.91. The van der Waals surface area contributed by atoms with Gasteiger partial charge in [-0.05, 0) is 94.2 Å². The molecule has 0 radical (unpaired) electrons. The molecule has 3 heterocycles. The first-order valence-corrected chi connectivity index (χ1v) is 15.6. The number of nitrogens with one attached hydrogen (secondary N) is 1. The highest BCUT2D eigenvalue weighted by Gasteiger charge is 2.33. The van der Waals surface area contributed by atoms with E-state index >= 15 is 0 Å². The van der Waals surface area contributed by atoms with Crippen LogP contribution in [-0.4, -0.2) is 50.3 Å². The SMILES string of the molecule is C#C[C@H]1CC[C@H](Cn2c(N3CCCCC3c3cccc(OC)c3)nc3nc(C(=O)O)nc(N[C@H](C)C4CCC4)c32)CC1. The van der Waals surface area contributed by atoms with Crippen molar-refractivity contribution in [2.45, 2.75) is 89.8 Å². The highest BCUT2D eigenvalue weighted by atomic mass is 16.5. The van der Waals surface area contributed by atoms with Crippen LogP contribution >= 0.6 is 0 Å². The summed E-state index contributed by atoms with van der Waals surface area (Å²) in [6.07, 6.45) is 16.7. The number of carboxylic acid groups (broad SMARTS) is 1. The lowest BCUT2D eigenvalue weighted by atomic mass is 9.80. The summed E-state index contributed by atoms with van der Waals surface area (Å²) >= 11 is 0. The normalized spacial score (nSPS) is 23.6. The number of aromatic carboxylic acids is 1. The van der Waals surface area contributed by atoms with E-state index in [4.69, 9.17) is 16.1 Å². The Labute approximate surface area is 248 Å². The van der Waals surface area contributed by atoms with Gasteiger partial charge >= 0.3 is 5.97 Å². The van der Waals surface area contributed by atoms with Crippen molar-refractivity contribution in [3.63, 3.8) is 0 Å². The summed E-state index contributed by atoms with van der Waals surface area (Å²) in [4.78, 5) is 28.7. The van der Waals surface area contributed by atoms with Crippen LogP contribution in [0.25, 0.3) is 11.2 Å². The van der Waals surface area contributed by atoms with Gasteiger partial charge in [0.1, 0.15) is 11.3 Å². The Bertz CT molecular complexity index is 1470. The predicted octanol–water partition coefficient (Wildman–Crippen LogP) is 6.30. The van der Waals surface area contributed by atoms with Crippen molar-refractivity contribution in [1.29, 1.82) is 0 Å². The smallest absolute Gasteiger partial charge is 0.374 e. The Hall–Kier alpha value is -3.80. The number of benzene rings is 1. The first-order chi connectivity index (χ1) is 20.4. The molecule has 3 fully saturated rings. The number of hydrogen-bond acceptors (Lipinski definition) is 7. The molecule has 9 heteroatoms. The van der Waals surface area contributed by atoms with Crippen molar-refractivity contribution < 1.29 is 14.6 Å². The second-order valence-electron chi connectivity index (χ2n) is 12.4. The fourth-order valence-corrected chi connectivity index (χ4v) is 7.02. The number of aromatic nitrogens is 4. The molecule has 222 valence electrons. The van der Waals surface area contributed by atoms with Crippen LogP contribution in [0.5, 0.6) is 5.75 Å². The molecule has 2 atom stereocenters. The van der Waals surface area contributed by atoms with E-state index in [1.807, 2.05) is 12.1 Å². The number of piperidine rings is 1. The summed E-state index contributed by atoms with van der Waals surface area (Å²) in [5.74, 6) is 5.19. The molecule has 6 rings (SSSR count). The first-order valence-electron chi connectivity index (χ1n) is 15.6. The third-order valence-electron chi connectivity index (χ3n) is 9.76. The lowest BCUT2D eigenvalue weighted by molar-refractivity contribution is 0.0684. The Morgan fingerprint density at radius 1 is 1.12 bits per heavy atom. The van der Waals surface area contributed by atoms with Crippen molar-refractivity contribution in [3.8, 4) is 18.1 Å². The van der Waals surface area contributed by atoms with Crippen LogP contribution in [0.2, 0.25) is 0 Å². The lowest BCUT2D eigenvalue weighted by Gasteiger charge is -2.38. The molecule has 2 aliphatic carbocycles. The summed E-state index contributed by atoms with van der Waals surface area (Å²) in [6, 6.07) is 8.60. The van der Waals surface area contributed by atoms with Gasteiger partial charge in [-0.25, -0.2) is 14.8 Å². The molecule has 1 saturated heterocycles. The lowest BCUT2D eigenvalue weighted by Crippen LogP contribution is -2.36. The van der Waals surface area contributed by atoms with Crippen molar-refractivity contribution in [3.05, 3.63) is 35.7 Å². The second kappa shape index (κ2) is 12.2. The number of rotatable bonds is 9. The van der Waals surface area contributed by atoms with E-state index < -0.39 is 5.97 Å². The van der Waals surface area contributed by atoms with Gasteiger partial charge in [-0.2, -0.15) is 4.98 Å². The van der Waals surface area contributed by atoms with Crippen molar-refractivity contribution in [2.75, 3.05) is 23.9 Å². The van der Waals surface area contributed by atoms with Crippen LogP contribution in [0.4, 0.5) is 11.8 Å². The van der Waals surface area contributed by atoms with E-state index in [-0.39, 0.29) is 17.9 Å². The number of methoxy groups -OCH3 is 1. The number of imidazole rings is 1. The van der Waals surface area contributed by atoms with Gasteiger partial charge in [0.15, 0.2) is 11.5 Å². The van der Waals surface area contributed by atoms with Gasteiger partial charge in [-0.1, -0.05) is 18.6 Å². The molecule has 0 bridgehead atoms. The summed E-state index contributed by atoms with van der Waals surface area (Å²) in [5, 5.41) is 13.5. The molecule has 1 unspecified atom stereocenters. The Morgan fingerprint density at radius 3 is 2.62 bits per heavy atom. The number of terminal acetylenes is 1. The van der Waals surface area contributed by atoms with E-state index in [1.165, 1.54) is 24.8 Å². The van der Waals surface area contributed by atoms with Crippen LogP contribution in [0.3, 0.4) is 0 Å². The minimum atomic E-state index is -1.15. The molecular formula is C33H42N6O3. The highest BCUT2D eigenvalue weighted by Crippen LogP contribution is 2.40. The number of fused-ring (bicyclic) bond motifs is 1. The molecule has 2 N–H and O–H groups in total. The Morgan fingerprint density at radius 2 is 1.93 bits per heavy atom. The average Bonchev–Trinajstić information content (AvgIpc) is 3.34. The zero-order valence-electron chi connectivity index (χ0n) is 24.8. The molecule has 2 saturated carbocycles. The third-order valence-corrected chi connectivity index (χ3v) is 9.76. The fourth-order valence-electron chi connectivity index (χ4n) is 7.02. The molecule has 3 aromatic rings. The number of anilines is 2. The van der Waals surface area contributed by atoms with Gasteiger partial charge < -0.3 is 24.6 Å². The molecule has 0 amide bonds. The molecule has 1 aromatic carbocycles. The van der Waals surface area contributed by atoms with E-state index in [0.717, 1.165) is 75.2 Å². The molecular weight excluding hydrogens is 528 g/mol. The maximum absolute atomic E-state index is 12.1. The molecule has 2 aromatic heterocycles. The summed E-state index contributed by atoms with van der Waals surface area (Å²) in [6.45, 7) is 3.80. The first kappa shape index (κ1) is 28.3. The Kier molecular flexibility index (Phi) is 8.23. The number of ether oxygens (including phenoxy) is 1. The van der Waals surface area contributed by atoms with E-state index in [2.05, 4.69) is 49.7 Å². The fraction of sp³-hybridized carbons (Fsp3) is 0.576. The van der Waals surface area contributed by atoms with E-state index in [9.17, 15) is 9.90 Å². The maximum atomic E-state index is 12.1. The second-order valence-corrected chi connectivity index (χ2v) is 12.4. The van der Waals surface area contributed by atoms with Gasteiger partial charge in [0.25, 0.3) is 0 Å². The largest absolute Gasteiger partial charge is 0.497 e. The topological polar surface area (TPSA) is 105 Å². The van der Waals surface area contributed by atoms with Crippen LogP contribution in [0.15, 0.2) is 24.3 Å². The molecule has 9 nitrogen and oxygen atoms in total. The van der Waals surface area contributed by atoms with Crippen molar-refractivity contribution in [1.82, 2.24) is 19.5 Å². The number of nitrogens with zero attached hydrogens (tertiary/aromatic N) is 5. The summed E-state index contributed by atoms with van der Waals surface area (Å²) in [7, 11) is 1.70. The van der Waals surface area contributed by atoms with Crippen LogP contribution in [0, 0.1) is 30.1 Å². The van der Waals surface area contributed by atoms with Gasteiger partial charge in [-0.3, -0.25) is 0 Å². The van der Waals surface area contributed by atoms with Crippen molar-refractivity contribution >= 4 is 28.9 Å². The molecule has 42 heavy (non-hydrogen) atoms.